The Hall–Kier alpha value is -1.86. The summed E-state index contributed by atoms with van der Waals surface area (Å²) in [5.41, 5.74) is 6.84. The molecule has 0 aliphatic carbocycles. The summed E-state index contributed by atoms with van der Waals surface area (Å²) in [5.74, 6) is 0.504. The van der Waals surface area contributed by atoms with Gasteiger partial charge < -0.3 is 10.7 Å². The van der Waals surface area contributed by atoms with Crippen molar-refractivity contribution in [2.75, 3.05) is 5.73 Å². The van der Waals surface area contributed by atoms with Gasteiger partial charge in [0.2, 0.25) is 10.0 Å². The van der Waals surface area contributed by atoms with E-state index in [1.54, 1.807) is 36.7 Å². The van der Waals surface area contributed by atoms with E-state index in [0.717, 1.165) is 0 Å². The fraction of sp³-hybridized carbons (Fsp3) is 0.182. The van der Waals surface area contributed by atoms with Gasteiger partial charge in [-0.2, -0.15) is 0 Å². The second-order valence-electron chi connectivity index (χ2n) is 3.86. The quantitative estimate of drug-likeness (QED) is 0.690. The number of nitrogens with zero attached hydrogens (tertiary/aromatic N) is 1. The van der Waals surface area contributed by atoms with Gasteiger partial charge in [-0.15, -0.1) is 0 Å². The van der Waals surface area contributed by atoms with Gasteiger partial charge in [0.05, 0.1) is 12.3 Å². The van der Waals surface area contributed by atoms with Crippen LogP contribution in [0.25, 0.3) is 0 Å². The summed E-state index contributed by atoms with van der Waals surface area (Å²) in [4.78, 5) is 6.77. The van der Waals surface area contributed by atoms with Crippen LogP contribution in [-0.4, -0.2) is 18.4 Å². The minimum absolute atomic E-state index is 0.0754. The maximum atomic E-state index is 11.8. The van der Waals surface area contributed by atoms with E-state index in [1.807, 2.05) is 0 Å². The van der Waals surface area contributed by atoms with Crippen LogP contribution in [0, 0.1) is 0 Å². The second kappa shape index (κ2) is 5.19. The molecule has 96 valence electrons. The summed E-state index contributed by atoms with van der Waals surface area (Å²) in [6, 6.07) is 6.75. The number of nitrogen functional groups attached to an aromatic ring is 1. The first-order chi connectivity index (χ1) is 8.55. The number of benzene rings is 1. The molecule has 0 radical (unpaired) electrons. The zero-order valence-corrected chi connectivity index (χ0v) is 10.4. The Balaban J connectivity index is 1.97. The van der Waals surface area contributed by atoms with E-state index in [0.29, 0.717) is 17.1 Å². The Labute approximate surface area is 105 Å². The van der Waals surface area contributed by atoms with Gasteiger partial charge in [-0.3, -0.25) is 0 Å². The minimum atomic E-state index is -3.37. The molecule has 0 amide bonds. The molecule has 0 unspecified atom stereocenters. The third kappa shape index (κ3) is 3.57. The second-order valence-corrected chi connectivity index (χ2v) is 5.66. The highest BCUT2D eigenvalue weighted by molar-refractivity contribution is 7.88. The van der Waals surface area contributed by atoms with Crippen molar-refractivity contribution >= 4 is 15.7 Å². The lowest BCUT2D eigenvalue weighted by Gasteiger charge is -2.05. The summed E-state index contributed by atoms with van der Waals surface area (Å²) >= 11 is 0. The number of hydrogen-bond acceptors (Lipinski definition) is 4. The largest absolute Gasteiger partial charge is 0.399 e. The van der Waals surface area contributed by atoms with Crippen molar-refractivity contribution in [2.45, 2.75) is 12.3 Å². The molecule has 1 heterocycles. The first-order valence-corrected chi connectivity index (χ1v) is 7.00. The van der Waals surface area contributed by atoms with Gasteiger partial charge in [0, 0.05) is 18.1 Å². The third-order valence-corrected chi connectivity index (χ3v) is 3.65. The number of hydrogen-bond donors (Lipinski definition) is 3. The molecule has 1 aromatic heterocycles. The predicted molar refractivity (Wildman–Crippen MR) is 68.9 cm³/mol. The highest BCUT2D eigenvalue weighted by Gasteiger charge is 2.11. The Morgan fingerprint density at radius 2 is 2.00 bits per heavy atom. The first-order valence-electron chi connectivity index (χ1n) is 5.35. The van der Waals surface area contributed by atoms with Gasteiger partial charge in [0.1, 0.15) is 5.82 Å². The maximum absolute atomic E-state index is 11.8. The standard InChI is InChI=1S/C11H14N4O2S/c12-10-3-1-9(2-4-10)8-18(16,17)15-7-11-13-5-6-14-11/h1-6,15H,7-8,12H2,(H,13,14). The first kappa shape index (κ1) is 12.6. The van der Waals surface area contributed by atoms with E-state index in [4.69, 9.17) is 5.73 Å². The van der Waals surface area contributed by atoms with Crippen LogP contribution in [0.2, 0.25) is 0 Å². The lowest BCUT2D eigenvalue weighted by molar-refractivity contribution is 0.578. The smallest absolute Gasteiger partial charge is 0.216 e. The van der Waals surface area contributed by atoms with Crippen LogP contribution in [-0.2, 0) is 22.3 Å². The summed E-state index contributed by atoms with van der Waals surface area (Å²) in [5, 5.41) is 0. The SMILES string of the molecule is Nc1ccc(CS(=O)(=O)NCc2ncc[nH]2)cc1. The van der Waals surface area contributed by atoms with E-state index in [9.17, 15) is 8.42 Å². The van der Waals surface area contributed by atoms with Gasteiger partial charge >= 0.3 is 0 Å². The lowest BCUT2D eigenvalue weighted by Crippen LogP contribution is -2.25. The molecule has 2 rings (SSSR count). The van der Waals surface area contributed by atoms with Crippen molar-refractivity contribution in [1.82, 2.24) is 14.7 Å². The highest BCUT2D eigenvalue weighted by Crippen LogP contribution is 2.08. The van der Waals surface area contributed by atoms with Crippen LogP contribution in [0.1, 0.15) is 11.4 Å². The Morgan fingerprint density at radius 1 is 1.28 bits per heavy atom. The van der Waals surface area contributed by atoms with E-state index in [1.165, 1.54) is 0 Å². The Bertz CT molecular complexity index is 590. The van der Waals surface area contributed by atoms with Crippen molar-refractivity contribution < 1.29 is 8.42 Å². The van der Waals surface area contributed by atoms with Crippen LogP contribution in [0.3, 0.4) is 0 Å². The molecule has 0 spiro atoms. The van der Waals surface area contributed by atoms with Crippen molar-refractivity contribution in [3.8, 4) is 0 Å². The molecule has 0 atom stereocenters. The van der Waals surface area contributed by atoms with Crippen LogP contribution in [0.5, 0.6) is 0 Å². The van der Waals surface area contributed by atoms with Crippen molar-refractivity contribution in [1.29, 1.82) is 0 Å². The number of rotatable bonds is 5. The number of nitrogens with two attached hydrogens (primary N) is 1. The third-order valence-electron chi connectivity index (χ3n) is 2.35. The molecule has 0 bridgehead atoms. The molecule has 0 saturated heterocycles. The fourth-order valence-electron chi connectivity index (χ4n) is 1.46. The van der Waals surface area contributed by atoms with Crippen LogP contribution in [0.4, 0.5) is 5.69 Å². The average Bonchev–Trinajstić information content (AvgIpc) is 2.83. The van der Waals surface area contributed by atoms with E-state index in [2.05, 4.69) is 14.7 Å². The molecule has 2 aromatic rings. The molecule has 18 heavy (non-hydrogen) atoms. The van der Waals surface area contributed by atoms with Gasteiger partial charge in [0.15, 0.2) is 0 Å². The van der Waals surface area contributed by atoms with Crippen molar-refractivity contribution in [2.24, 2.45) is 0 Å². The molecule has 1 aromatic carbocycles. The minimum Gasteiger partial charge on any atom is -0.399 e. The number of nitrogens with one attached hydrogen (secondary N) is 2. The fourth-order valence-corrected chi connectivity index (χ4v) is 2.55. The zero-order chi connectivity index (χ0) is 13.0. The molecule has 0 aliphatic heterocycles. The van der Waals surface area contributed by atoms with E-state index < -0.39 is 10.0 Å². The maximum Gasteiger partial charge on any atom is 0.216 e. The van der Waals surface area contributed by atoms with E-state index >= 15 is 0 Å². The number of aromatic nitrogens is 2. The van der Waals surface area contributed by atoms with Gasteiger partial charge in [-0.25, -0.2) is 18.1 Å². The van der Waals surface area contributed by atoms with Crippen LogP contribution < -0.4 is 10.5 Å². The van der Waals surface area contributed by atoms with Gasteiger partial charge in [-0.05, 0) is 17.7 Å². The molecular formula is C11H14N4O2S. The number of anilines is 1. The summed E-state index contributed by atoms with van der Waals surface area (Å²) < 4.78 is 26.1. The molecule has 0 fully saturated rings. The van der Waals surface area contributed by atoms with Crippen molar-refractivity contribution in [3.63, 3.8) is 0 Å². The van der Waals surface area contributed by atoms with Gasteiger partial charge in [-0.1, -0.05) is 12.1 Å². The highest BCUT2D eigenvalue weighted by atomic mass is 32.2. The summed E-state index contributed by atoms with van der Waals surface area (Å²) in [7, 11) is -3.37. The normalized spacial score (nSPS) is 11.6. The number of imidazole rings is 1. The van der Waals surface area contributed by atoms with E-state index in [-0.39, 0.29) is 12.3 Å². The molecular weight excluding hydrogens is 252 g/mol. The number of aromatic amines is 1. The average molecular weight is 266 g/mol. The number of H-pyrrole nitrogens is 1. The molecule has 6 nitrogen and oxygen atoms in total. The molecule has 0 aliphatic rings. The molecule has 4 N–H and O–H groups in total. The zero-order valence-electron chi connectivity index (χ0n) is 9.63. The topological polar surface area (TPSA) is 101 Å². The number of sulfonamides is 1. The summed E-state index contributed by atoms with van der Waals surface area (Å²) in [6.07, 6.45) is 3.22. The van der Waals surface area contributed by atoms with Crippen LogP contribution in [0.15, 0.2) is 36.7 Å². The summed E-state index contributed by atoms with van der Waals surface area (Å²) in [6.45, 7) is 0.157. The van der Waals surface area contributed by atoms with Gasteiger partial charge in [0.25, 0.3) is 0 Å². The van der Waals surface area contributed by atoms with Crippen LogP contribution >= 0.6 is 0 Å². The molecule has 7 heteroatoms. The Morgan fingerprint density at radius 3 is 2.61 bits per heavy atom. The monoisotopic (exact) mass is 266 g/mol. The van der Waals surface area contributed by atoms with Crippen molar-refractivity contribution in [3.05, 3.63) is 48.0 Å². The predicted octanol–water partition coefficient (Wildman–Crippen LogP) is 0.611. The Kier molecular flexibility index (Phi) is 3.63. The lowest BCUT2D eigenvalue weighted by atomic mass is 10.2. The molecule has 0 saturated carbocycles.